The molecule has 0 aliphatic carbocycles. The van der Waals surface area contributed by atoms with Gasteiger partial charge in [0.15, 0.2) is 5.65 Å². The molecule has 0 aliphatic rings. The number of rotatable bonds is 2. The monoisotopic (exact) mass is 416 g/mol. The van der Waals surface area contributed by atoms with Crippen LogP contribution in [0, 0.1) is 0 Å². The van der Waals surface area contributed by atoms with Crippen LogP contribution in [0.2, 0.25) is 5.02 Å². The molecule has 0 aromatic carbocycles. The summed E-state index contributed by atoms with van der Waals surface area (Å²) in [5.74, 6) is 0. The number of aryl methyl sites for hydroxylation is 1. The molecule has 0 amide bonds. The molecule has 0 bridgehead atoms. The van der Waals surface area contributed by atoms with Crippen LogP contribution in [-0.4, -0.2) is 8.96 Å². The minimum atomic E-state index is 0.735. The maximum atomic E-state index is 6.21. The van der Waals surface area contributed by atoms with Crippen LogP contribution in [0.4, 0.5) is 0 Å². The first-order valence-corrected chi connectivity index (χ1v) is 8.81. The standard InChI is InChI=1S/C9H7BrClIN2S/c1-2-5-3-6-8(11)7(10)4-13-9(6)14(5)15-12/h3-4H,2H2,1H3. The zero-order chi connectivity index (χ0) is 11.0. The van der Waals surface area contributed by atoms with Crippen molar-refractivity contribution < 1.29 is 0 Å². The fraction of sp³-hybridized carbons (Fsp3) is 0.222. The smallest absolute Gasteiger partial charge is 0.152 e. The molecule has 0 saturated carbocycles. The predicted molar refractivity (Wildman–Crippen MR) is 78.8 cm³/mol. The maximum absolute atomic E-state index is 6.21. The number of halogens is 3. The molecule has 0 fully saturated rings. The molecular formula is C9H7BrClIN2S. The minimum absolute atomic E-state index is 0.735. The number of hydrogen-bond donors (Lipinski definition) is 0. The van der Waals surface area contributed by atoms with E-state index in [-0.39, 0.29) is 0 Å². The summed E-state index contributed by atoms with van der Waals surface area (Å²) >= 11 is 11.8. The SMILES string of the molecule is CCc1cc2c(Cl)c(Br)cnc2n1SI. The summed E-state index contributed by atoms with van der Waals surface area (Å²) in [6, 6.07) is 2.10. The van der Waals surface area contributed by atoms with Gasteiger partial charge in [0.05, 0.1) is 9.50 Å². The molecule has 15 heavy (non-hydrogen) atoms. The van der Waals surface area contributed by atoms with Crippen molar-refractivity contribution in [2.24, 2.45) is 0 Å². The van der Waals surface area contributed by atoms with Crippen molar-refractivity contribution in [2.45, 2.75) is 13.3 Å². The van der Waals surface area contributed by atoms with Crippen LogP contribution >= 0.6 is 57.9 Å². The van der Waals surface area contributed by atoms with Gasteiger partial charge in [-0.25, -0.2) is 4.98 Å². The van der Waals surface area contributed by atoms with Crippen LogP contribution in [0.15, 0.2) is 16.7 Å². The number of hydrogen-bond acceptors (Lipinski definition) is 2. The number of fused-ring (bicyclic) bond motifs is 1. The van der Waals surface area contributed by atoms with E-state index >= 15 is 0 Å². The largest absolute Gasteiger partial charge is 0.263 e. The summed E-state index contributed by atoms with van der Waals surface area (Å²) in [6.45, 7) is 2.13. The number of pyridine rings is 1. The Kier molecular flexibility index (Phi) is 3.85. The molecule has 0 unspecified atom stereocenters. The Bertz CT molecular complexity index is 514. The Morgan fingerprint density at radius 3 is 3.00 bits per heavy atom. The first kappa shape index (κ1) is 12.0. The Labute approximate surface area is 118 Å². The van der Waals surface area contributed by atoms with Crippen LogP contribution in [0.1, 0.15) is 12.6 Å². The zero-order valence-electron chi connectivity index (χ0n) is 7.80. The van der Waals surface area contributed by atoms with Gasteiger partial charge in [-0.15, -0.1) is 0 Å². The fourth-order valence-electron chi connectivity index (χ4n) is 1.44. The molecule has 0 saturated heterocycles. The van der Waals surface area contributed by atoms with Gasteiger partial charge in [-0.05, 0) is 28.4 Å². The molecular weight excluding hydrogens is 410 g/mol. The molecule has 0 atom stereocenters. The molecule has 6 heteroatoms. The molecule has 2 aromatic rings. The lowest BCUT2D eigenvalue weighted by Crippen LogP contribution is -1.91. The van der Waals surface area contributed by atoms with Crippen LogP contribution in [0.5, 0.6) is 0 Å². The minimum Gasteiger partial charge on any atom is -0.263 e. The number of nitrogens with zero attached hydrogens (tertiary/aromatic N) is 2. The van der Waals surface area contributed by atoms with Gasteiger partial charge in [-0.3, -0.25) is 3.97 Å². The van der Waals surface area contributed by atoms with Crippen molar-refractivity contribution in [3.8, 4) is 0 Å². The third-order valence-electron chi connectivity index (χ3n) is 2.18. The second-order valence-corrected chi connectivity index (χ2v) is 5.93. The highest BCUT2D eigenvalue weighted by Gasteiger charge is 2.13. The van der Waals surface area contributed by atoms with Gasteiger partial charge < -0.3 is 0 Å². The van der Waals surface area contributed by atoms with E-state index in [4.69, 9.17) is 11.6 Å². The quantitative estimate of drug-likeness (QED) is 0.650. The molecule has 0 radical (unpaired) electrons. The Hall–Kier alpha value is 0.540. The third kappa shape index (κ3) is 2.03. The van der Waals surface area contributed by atoms with Crippen molar-refractivity contribution in [3.05, 3.63) is 27.5 Å². The summed E-state index contributed by atoms with van der Waals surface area (Å²) < 4.78 is 2.95. The predicted octanol–water partition coefficient (Wildman–Crippen LogP) is 4.86. The third-order valence-corrected chi connectivity index (χ3v) is 5.15. The van der Waals surface area contributed by atoms with Crippen molar-refractivity contribution in [1.29, 1.82) is 0 Å². The second-order valence-electron chi connectivity index (χ2n) is 3.01. The van der Waals surface area contributed by atoms with Crippen LogP contribution in [-0.2, 0) is 6.42 Å². The highest BCUT2D eigenvalue weighted by Crippen LogP contribution is 2.34. The van der Waals surface area contributed by atoms with Gasteiger partial charge in [0.25, 0.3) is 0 Å². The average molecular weight is 417 g/mol. The van der Waals surface area contributed by atoms with Gasteiger partial charge >= 0.3 is 0 Å². The topological polar surface area (TPSA) is 17.8 Å². The van der Waals surface area contributed by atoms with E-state index in [1.165, 1.54) is 5.69 Å². The van der Waals surface area contributed by atoms with Crippen LogP contribution < -0.4 is 0 Å². The molecule has 2 rings (SSSR count). The number of aromatic nitrogens is 2. The lowest BCUT2D eigenvalue weighted by Gasteiger charge is -2.02. The lowest BCUT2D eigenvalue weighted by atomic mass is 10.3. The van der Waals surface area contributed by atoms with E-state index in [1.807, 2.05) is 0 Å². The highest BCUT2D eigenvalue weighted by atomic mass is 127. The summed E-state index contributed by atoms with van der Waals surface area (Å²) in [5, 5.41) is 1.74. The van der Waals surface area contributed by atoms with Crippen molar-refractivity contribution in [3.63, 3.8) is 0 Å². The molecule has 2 heterocycles. The van der Waals surface area contributed by atoms with Crippen LogP contribution in [0.3, 0.4) is 0 Å². The Balaban J connectivity index is 2.82. The van der Waals surface area contributed by atoms with Gasteiger partial charge in [0.2, 0.25) is 0 Å². The Morgan fingerprint density at radius 2 is 2.40 bits per heavy atom. The van der Waals surface area contributed by atoms with Gasteiger partial charge in [-0.2, -0.15) is 0 Å². The van der Waals surface area contributed by atoms with E-state index < -0.39 is 0 Å². The van der Waals surface area contributed by atoms with Gasteiger partial charge in [-0.1, -0.05) is 18.5 Å². The summed E-state index contributed by atoms with van der Waals surface area (Å²) in [7, 11) is 1.62. The zero-order valence-corrected chi connectivity index (χ0v) is 13.1. The first-order valence-electron chi connectivity index (χ1n) is 4.32. The van der Waals surface area contributed by atoms with Crippen molar-refractivity contribution in [1.82, 2.24) is 8.96 Å². The van der Waals surface area contributed by atoms with E-state index in [0.717, 1.165) is 26.9 Å². The summed E-state index contributed by atoms with van der Waals surface area (Å²) in [5.41, 5.74) is 2.16. The molecule has 2 aromatic heterocycles. The van der Waals surface area contributed by atoms with Crippen molar-refractivity contribution in [2.75, 3.05) is 0 Å². The normalized spacial score (nSPS) is 11.2. The van der Waals surface area contributed by atoms with Gasteiger partial charge in [0, 0.05) is 47.6 Å². The van der Waals surface area contributed by atoms with E-state index in [1.54, 1.807) is 15.3 Å². The summed E-state index contributed by atoms with van der Waals surface area (Å²) in [4.78, 5) is 4.39. The maximum Gasteiger partial charge on any atom is 0.152 e. The molecule has 0 N–H and O–H groups in total. The van der Waals surface area contributed by atoms with Crippen molar-refractivity contribution >= 4 is 68.9 Å². The van der Waals surface area contributed by atoms with Crippen LogP contribution in [0.25, 0.3) is 11.0 Å². The van der Waals surface area contributed by atoms with E-state index in [2.05, 4.69) is 59.1 Å². The molecule has 2 nitrogen and oxygen atoms in total. The van der Waals surface area contributed by atoms with Gasteiger partial charge in [0.1, 0.15) is 0 Å². The molecule has 0 aliphatic heterocycles. The fourth-order valence-corrected chi connectivity index (χ4v) is 3.75. The lowest BCUT2D eigenvalue weighted by molar-refractivity contribution is 1.04. The van der Waals surface area contributed by atoms with E-state index in [0.29, 0.717) is 0 Å². The Morgan fingerprint density at radius 1 is 1.67 bits per heavy atom. The van der Waals surface area contributed by atoms with E-state index in [9.17, 15) is 0 Å². The second kappa shape index (κ2) is 4.81. The first-order chi connectivity index (χ1) is 7.19. The summed E-state index contributed by atoms with van der Waals surface area (Å²) in [6.07, 6.45) is 2.72. The molecule has 0 spiro atoms. The highest BCUT2D eigenvalue weighted by molar-refractivity contribution is 14.2. The molecule has 80 valence electrons. The average Bonchev–Trinajstić information content (AvgIpc) is 2.61.